The number of benzene rings is 2. The van der Waals surface area contributed by atoms with Gasteiger partial charge in [0.2, 0.25) is 0 Å². The van der Waals surface area contributed by atoms with Gasteiger partial charge in [0.15, 0.2) is 0 Å². The highest BCUT2D eigenvalue weighted by Crippen LogP contribution is 2.31. The Morgan fingerprint density at radius 3 is 2.45 bits per heavy atom. The fourth-order valence-corrected chi connectivity index (χ4v) is 5.15. The summed E-state index contributed by atoms with van der Waals surface area (Å²) in [6.45, 7) is 7.19. The van der Waals surface area contributed by atoms with Gasteiger partial charge >= 0.3 is 0 Å². The Hall–Kier alpha value is -3.23. The van der Waals surface area contributed by atoms with E-state index in [1.807, 2.05) is 19.9 Å². The number of anilines is 1. The van der Waals surface area contributed by atoms with Crippen LogP contribution in [0, 0.1) is 12.7 Å². The SMILES string of the molecule is Cc1nn(-c2ccc(F)cc2)c2sc(C(=O)NC(C)c3ccc(N4CCOCC4)cc3)cc12. The Bertz CT molecular complexity index is 1270. The van der Waals surface area contributed by atoms with E-state index in [9.17, 15) is 9.18 Å². The molecule has 6 nitrogen and oxygen atoms in total. The van der Waals surface area contributed by atoms with Gasteiger partial charge in [-0.05, 0) is 61.9 Å². The first-order valence-corrected chi connectivity index (χ1v) is 11.8. The largest absolute Gasteiger partial charge is 0.378 e. The molecular weight excluding hydrogens is 439 g/mol. The summed E-state index contributed by atoms with van der Waals surface area (Å²) in [6, 6.07) is 16.3. The van der Waals surface area contributed by atoms with Crippen LogP contribution in [0.3, 0.4) is 0 Å². The Morgan fingerprint density at radius 1 is 1.09 bits per heavy atom. The van der Waals surface area contributed by atoms with Crippen molar-refractivity contribution in [2.24, 2.45) is 0 Å². The number of hydrogen-bond acceptors (Lipinski definition) is 5. The number of halogens is 1. The molecule has 2 aromatic carbocycles. The summed E-state index contributed by atoms with van der Waals surface area (Å²) >= 11 is 1.39. The predicted octanol–water partition coefficient (Wildman–Crippen LogP) is 4.86. The Labute approximate surface area is 195 Å². The molecule has 1 aliphatic rings. The van der Waals surface area contributed by atoms with Crippen LogP contribution in [0.25, 0.3) is 15.9 Å². The molecule has 1 amide bonds. The van der Waals surface area contributed by atoms with Gasteiger partial charge in [-0.15, -0.1) is 11.3 Å². The fraction of sp³-hybridized carbons (Fsp3) is 0.280. The third-order valence-corrected chi connectivity index (χ3v) is 7.07. The van der Waals surface area contributed by atoms with Crippen LogP contribution in [-0.2, 0) is 4.74 Å². The number of nitrogens with one attached hydrogen (secondary N) is 1. The van der Waals surface area contributed by atoms with E-state index in [1.165, 1.54) is 29.2 Å². The van der Waals surface area contributed by atoms with Gasteiger partial charge in [-0.25, -0.2) is 9.07 Å². The smallest absolute Gasteiger partial charge is 0.261 e. The minimum absolute atomic E-state index is 0.119. The molecule has 5 rings (SSSR count). The second kappa shape index (κ2) is 8.96. The molecule has 0 bridgehead atoms. The maximum absolute atomic E-state index is 13.3. The third-order valence-electron chi connectivity index (χ3n) is 5.96. The molecule has 1 saturated heterocycles. The minimum atomic E-state index is -0.294. The highest BCUT2D eigenvalue weighted by molar-refractivity contribution is 7.20. The predicted molar refractivity (Wildman–Crippen MR) is 129 cm³/mol. The Kier molecular flexibility index (Phi) is 5.86. The van der Waals surface area contributed by atoms with Crippen molar-refractivity contribution in [1.29, 1.82) is 0 Å². The number of rotatable bonds is 5. The summed E-state index contributed by atoms with van der Waals surface area (Å²) in [5.41, 5.74) is 3.81. The van der Waals surface area contributed by atoms with Gasteiger partial charge in [0.1, 0.15) is 10.6 Å². The van der Waals surface area contributed by atoms with Crippen molar-refractivity contribution >= 4 is 33.1 Å². The number of aryl methyl sites for hydroxylation is 1. The van der Waals surface area contributed by atoms with E-state index in [0.29, 0.717) is 4.88 Å². The summed E-state index contributed by atoms with van der Waals surface area (Å²) in [7, 11) is 0. The summed E-state index contributed by atoms with van der Waals surface area (Å²) in [6.07, 6.45) is 0. The average molecular weight is 465 g/mol. The molecule has 3 heterocycles. The van der Waals surface area contributed by atoms with Crippen molar-refractivity contribution in [2.45, 2.75) is 19.9 Å². The molecule has 0 radical (unpaired) electrons. The molecule has 33 heavy (non-hydrogen) atoms. The van der Waals surface area contributed by atoms with Gasteiger partial charge in [0.05, 0.1) is 35.5 Å². The molecule has 1 unspecified atom stereocenters. The number of morpholine rings is 1. The van der Waals surface area contributed by atoms with Crippen LogP contribution in [-0.4, -0.2) is 42.0 Å². The van der Waals surface area contributed by atoms with E-state index < -0.39 is 0 Å². The number of thiophene rings is 1. The van der Waals surface area contributed by atoms with Crippen LogP contribution in [0.5, 0.6) is 0 Å². The maximum atomic E-state index is 13.3. The molecule has 8 heteroatoms. The van der Waals surface area contributed by atoms with E-state index in [-0.39, 0.29) is 17.8 Å². The number of amides is 1. The van der Waals surface area contributed by atoms with E-state index in [4.69, 9.17) is 4.74 Å². The number of carbonyl (C=O) groups excluding carboxylic acids is 1. The van der Waals surface area contributed by atoms with Crippen LogP contribution < -0.4 is 10.2 Å². The molecule has 1 fully saturated rings. The number of aromatic nitrogens is 2. The lowest BCUT2D eigenvalue weighted by molar-refractivity contribution is 0.0944. The number of ether oxygens (including phenoxy) is 1. The number of nitrogens with zero attached hydrogens (tertiary/aromatic N) is 3. The highest BCUT2D eigenvalue weighted by atomic mass is 32.1. The standard InChI is InChI=1S/C25H25FN4O2S/c1-16(18-3-7-20(8-4-18)29-11-13-32-14-12-29)27-24(31)23-15-22-17(2)28-30(25(22)33-23)21-9-5-19(26)6-10-21/h3-10,15-16H,11-14H2,1-2H3,(H,27,31). The topological polar surface area (TPSA) is 59.4 Å². The van der Waals surface area contributed by atoms with Crippen LogP contribution in [0.15, 0.2) is 54.6 Å². The van der Waals surface area contributed by atoms with Crippen molar-refractivity contribution in [2.75, 3.05) is 31.2 Å². The van der Waals surface area contributed by atoms with Gasteiger partial charge < -0.3 is 15.0 Å². The second-order valence-electron chi connectivity index (χ2n) is 8.19. The van der Waals surface area contributed by atoms with Gasteiger partial charge in [-0.2, -0.15) is 5.10 Å². The summed E-state index contributed by atoms with van der Waals surface area (Å²) < 4.78 is 20.5. The molecule has 2 aromatic heterocycles. The van der Waals surface area contributed by atoms with Gasteiger partial charge in [-0.1, -0.05) is 12.1 Å². The lowest BCUT2D eigenvalue weighted by Crippen LogP contribution is -2.36. The van der Waals surface area contributed by atoms with Crippen molar-refractivity contribution in [3.63, 3.8) is 0 Å². The quantitative estimate of drug-likeness (QED) is 0.458. The summed E-state index contributed by atoms with van der Waals surface area (Å²) in [4.78, 5) is 16.8. The summed E-state index contributed by atoms with van der Waals surface area (Å²) in [5, 5.41) is 8.60. The van der Waals surface area contributed by atoms with Gasteiger partial charge in [-0.3, -0.25) is 4.79 Å². The van der Waals surface area contributed by atoms with Crippen LogP contribution >= 0.6 is 11.3 Å². The van der Waals surface area contributed by atoms with E-state index in [2.05, 4.69) is 39.6 Å². The number of hydrogen-bond donors (Lipinski definition) is 1. The minimum Gasteiger partial charge on any atom is -0.378 e. The molecule has 0 spiro atoms. The molecule has 4 aromatic rings. The first kappa shape index (κ1) is 21.6. The molecule has 1 atom stereocenters. The summed E-state index contributed by atoms with van der Waals surface area (Å²) in [5.74, 6) is -0.414. The number of fused-ring (bicyclic) bond motifs is 1. The third kappa shape index (κ3) is 4.36. The zero-order chi connectivity index (χ0) is 22.9. The number of carbonyl (C=O) groups is 1. The van der Waals surface area contributed by atoms with E-state index in [0.717, 1.165) is 53.5 Å². The zero-order valence-electron chi connectivity index (χ0n) is 18.5. The zero-order valence-corrected chi connectivity index (χ0v) is 19.4. The van der Waals surface area contributed by atoms with Crippen molar-refractivity contribution in [3.05, 3.63) is 76.5 Å². The van der Waals surface area contributed by atoms with Crippen molar-refractivity contribution in [1.82, 2.24) is 15.1 Å². The van der Waals surface area contributed by atoms with Crippen molar-refractivity contribution < 1.29 is 13.9 Å². The molecule has 170 valence electrons. The van der Waals surface area contributed by atoms with Crippen LogP contribution in [0.1, 0.15) is 33.9 Å². The molecule has 0 saturated carbocycles. The fourth-order valence-electron chi connectivity index (χ4n) is 4.06. The van der Waals surface area contributed by atoms with Crippen molar-refractivity contribution in [3.8, 4) is 5.69 Å². The monoisotopic (exact) mass is 464 g/mol. The molecule has 1 N–H and O–H groups in total. The Balaban J connectivity index is 1.32. The lowest BCUT2D eigenvalue weighted by Gasteiger charge is -2.29. The van der Waals surface area contributed by atoms with Gasteiger partial charge in [0, 0.05) is 24.2 Å². The molecule has 1 aliphatic heterocycles. The van der Waals surface area contributed by atoms with E-state index >= 15 is 0 Å². The second-order valence-corrected chi connectivity index (χ2v) is 9.22. The lowest BCUT2D eigenvalue weighted by atomic mass is 10.1. The van der Waals surface area contributed by atoms with Gasteiger partial charge in [0.25, 0.3) is 5.91 Å². The molecule has 0 aliphatic carbocycles. The highest BCUT2D eigenvalue weighted by Gasteiger charge is 2.19. The van der Waals surface area contributed by atoms with E-state index in [1.54, 1.807) is 16.8 Å². The van der Waals surface area contributed by atoms with Crippen LogP contribution in [0.4, 0.5) is 10.1 Å². The normalized spacial score (nSPS) is 15.1. The van der Waals surface area contributed by atoms with Crippen LogP contribution in [0.2, 0.25) is 0 Å². The first-order chi connectivity index (χ1) is 16.0. The average Bonchev–Trinajstić information content (AvgIpc) is 3.41. The Morgan fingerprint density at radius 2 is 1.76 bits per heavy atom. The maximum Gasteiger partial charge on any atom is 0.261 e. The first-order valence-electron chi connectivity index (χ1n) is 11.0. The molecular formula is C25H25FN4O2S.